The second-order valence-corrected chi connectivity index (χ2v) is 4.44. The van der Waals surface area contributed by atoms with Crippen molar-refractivity contribution in [2.24, 2.45) is 0 Å². The van der Waals surface area contributed by atoms with Crippen LogP contribution in [0.3, 0.4) is 0 Å². The lowest BCUT2D eigenvalue weighted by molar-refractivity contribution is 0.801. The maximum Gasteiger partial charge on any atom is 0.252 e. The number of nitrogens with two attached hydrogens (primary N) is 1. The Labute approximate surface area is 114 Å². The van der Waals surface area contributed by atoms with E-state index in [4.69, 9.17) is 5.73 Å². The number of rotatable bonds is 2. The van der Waals surface area contributed by atoms with E-state index < -0.39 is 0 Å². The maximum atomic E-state index is 11.8. The van der Waals surface area contributed by atoms with Crippen molar-refractivity contribution in [3.05, 3.63) is 58.5 Å². The number of aryl methyl sites for hydroxylation is 1. The van der Waals surface area contributed by atoms with Crippen molar-refractivity contribution < 1.29 is 0 Å². The van der Waals surface area contributed by atoms with Crippen LogP contribution in [0, 0.1) is 6.92 Å². The highest BCUT2D eigenvalue weighted by Crippen LogP contribution is 2.16. The number of benzene rings is 1. The predicted molar refractivity (Wildman–Crippen MR) is 76.6 cm³/mol. The lowest BCUT2D eigenvalue weighted by atomic mass is 10.1. The third-order valence-electron chi connectivity index (χ3n) is 2.86. The van der Waals surface area contributed by atoms with Crippen LogP contribution in [0.5, 0.6) is 0 Å². The Bertz CT molecular complexity index is 804. The molecule has 0 aliphatic carbocycles. The first kappa shape index (κ1) is 12.2. The summed E-state index contributed by atoms with van der Waals surface area (Å²) in [6.45, 7) is 1.83. The topological polar surface area (TPSA) is 89.6 Å². The highest BCUT2D eigenvalue weighted by molar-refractivity contribution is 5.59. The molecule has 3 rings (SSSR count). The number of anilines is 1. The van der Waals surface area contributed by atoms with Gasteiger partial charge in [-0.05, 0) is 6.92 Å². The van der Waals surface area contributed by atoms with Crippen molar-refractivity contribution in [1.29, 1.82) is 0 Å². The zero-order valence-corrected chi connectivity index (χ0v) is 10.9. The van der Waals surface area contributed by atoms with E-state index in [-0.39, 0.29) is 5.56 Å². The van der Waals surface area contributed by atoms with E-state index >= 15 is 0 Å². The van der Waals surface area contributed by atoms with Crippen LogP contribution < -0.4 is 11.3 Å². The van der Waals surface area contributed by atoms with Crippen molar-refractivity contribution in [2.45, 2.75) is 6.92 Å². The number of nitrogens with zero attached hydrogens (tertiary/aromatic N) is 3. The molecule has 20 heavy (non-hydrogen) atoms. The zero-order valence-electron chi connectivity index (χ0n) is 10.9. The van der Waals surface area contributed by atoms with Gasteiger partial charge in [-0.15, -0.1) is 0 Å². The normalized spacial score (nSPS) is 10.7. The van der Waals surface area contributed by atoms with Crippen LogP contribution in [-0.2, 0) is 0 Å². The highest BCUT2D eigenvalue weighted by Gasteiger charge is 2.09. The van der Waals surface area contributed by atoms with Gasteiger partial charge >= 0.3 is 0 Å². The van der Waals surface area contributed by atoms with E-state index in [0.717, 1.165) is 11.3 Å². The van der Waals surface area contributed by atoms with Gasteiger partial charge < -0.3 is 5.73 Å². The van der Waals surface area contributed by atoms with Crippen molar-refractivity contribution in [3.63, 3.8) is 0 Å². The first-order valence-electron chi connectivity index (χ1n) is 6.13. The molecular weight excluding hydrogens is 254 g/mol. The van der Waals surface area contributed by atoms with Crippen LogP contribution in [0.25, 0.3) is 17.2 Å². The highest BCUT2D eigenvalue weighted by atomic mass is 16.1. The van der Waals surface area contributed by atoms with E-state index in [1.54, 1.807) is 6.07 Å². The van der Waals surface area contributed by atoms with E-state index in [1.807, 2.05) is 37.3 Å². The van der Waals surface area contributed by atoms with Gasteiger partial charge in [0.25, 0.3) is 5.56 Å². The minimum Gasteiger partial charge on any atom is -0.383 e. The average Bonchev–Trinajstić information content (AvgIpc) is 2.78. The Kier molecular flexibility index (Phi) is 2.83. The molecule has 100 valence electrons. The first-order chi connectivity index (χ1) is 9.63. The Morgan fingerprint density at radius 3 is 2.60 bits per heavy atom. The van der Waals surface area contributed by atoms with Gasteiger partial charge in [-0.2, -0.15) is 9.78 Å². The molecule has 2 heterocycles. The molecule has 2 aromatic heterocycles. The molecule has 0 aliphatic heterocycles. The molecule has 1 aromatic carbocycles. The molecule has 0 aliphatic rings. The fourth-order valence-corrected chi connectivity index (χ4v) is 1.99. The van der Waals surface area contributed by atoms with Gasteiger partial charge in [-0.25, -0.2) is 4.98 Å². The molecule has 0 bridgehead atoms. The minimum atomic E-state index is -0.249. The Hall–Kier alpha value is -2.89. The molecule has 3 aromatic rings. The molecule has 3 N–H and O–H groups in total. The maximum absolute atomic E-state index is 11.8. The minimum absolute atomic E-state index is 0.249. The van der Waals surface area contributed by atoms with Gasteiger partial charge in [0, 0.05) is 17.7 Å². The quantitative estimate of drug-likeness (QED) is 0.736. The van der Waals surface area contributed by atoms with Crippen LogP contribution in [-0.4, -0.2) is 19.7 Å². The first-order valence-corrected chi connectivity index (χ1v) is 6.13. The Balaban J connectivity index is 2.17. The Morgan fingerprint density at radius 1 is 1.20 bits per heavy atom. The summed E-state index contributed by atoms with van der Waals surface area (Å²) in [6.07, 6.45) is 0. The van der Waals surface area contributed by atoms with E-state index in [1.165, 1.54) is 10.7 Å². The number of aromatic amines is 1. The number of nitrogen functional groups attached to an aromatic ring is 1. The summed E-state index contributed by atoms with van der Waals surface area (Å²) in [7, 11) is 0. The van der Waals surface area contributed by atoms with E-state index in [0.29, 0.717) is 17.5 Å². The Morgan fingerprint density at radius 2 is 1.95 bits per heavy atom. The second-order valence-electron chi connectivity index (χ2n) is 4.44. The molecular formula is C14H13N5O. The van der Waals surface area contributed by atoms with Crippen molar-refractivity contribution in [2.75, 3.05) is 5.73 Å². The fraction of sp³-hybridized carbons (Fsp3) is 0.0714. The lowest BCUT2D eigenvalue weighted by Crippen LogP contribution is -2.15. The summed E-state index contributed by atoms with van der Waals surface area (Å²) < 4.78 is 1.42. The van der Waals surface area contributed by atoms with Crippen LogP contribution in [0.2, 0.25) is 0 Å². The SMILES string of the molecule is Cc1cc(N)n(-c2nc(-c3ccccc3)cc(=O)[nH]2)n1. The summed E-state index contributed by atoms with van der Waals surface area (Å²) in [5, 5.41) is 4.22. The van der Waals surface area contributed by atoms with Gasteiger partial charge in [0.15, 0.2) is 0 Å². The van der Waals surface area contributed by atoms with Crippen LogP contribution >= 0.6 is 0 Å². The molecule has 6 heteroatoms. The lowest BCUT2D eigenvalue weighted by Gasteiger charge is -2.05. The third-order valence-corrected chi connectivity index (χ3v) is 2.86. The van der Waals surface area contributed by atoms with Crippen molar-refractivity contribution in [1.82, 2.24) is 19.7 Å². The van der Waals surface area contributed by atoms with Crippen molar-refractivity contribution >= 4 is 5.82 Å². The summed E-state index contributed by atoms with van der Waals surface area (Å²) >= 11 is 0. The molecule has 0 radical (unpaired) electrons. The number of aromatic nitrogens is 4. The number of hydrogen-bond acceptors (Lipinski definition) is 4. The fourth-order valence-electron chi connectivity index (χ4n) is 1.99. The summed E-state index contributed by atoms with van der Waals surface area (Å²) in [5.74, 6) is 0.734. The van der Waals surface area contributed by atoms with E-state index in [9.17, 15) is 4.79 Å². The molecule has 0 amide bonds. The monoisotopic (exact) mass is 267 g/mol. The van der Waals surface area contributed by atoms with E-state index in [2.05, 4.69) is 15.1 Å². The molecule has 0 saturated carbocycles. The van der Waals surface area contributed by atoms with Gasteiger partial charge in [-0.1, -0.05) is 30.3 Å². The number of hydrogen-bond donors (Lipinski definition) is 2. The van der Waals surface area contributed by atoms with Gasteiger partial charge in [-0.3, -0.25) is 9.78 Å². The molecule has 0 spiro atoms. The molecule has 0 fully saturated rings. The standard InChI is InChI=1S/C14H13N5O/c1-9-7-12(15)19(18-9)14-16-11(8-13(20)17-14)10-5-3-2-4-6-10/h2-8H,15H2,1H3,(H,16,17,20). The van der Waals surface area contributed by atoms with Crippen LogP contribution in [0.15, 0.2) is 47.3 Å². The smallest absolute Gasteiger partial charge is 0.252 e. The van der Waals surface area contributed by atoms with Crippen molar-refractivity contribution in [3.8, 4) is 17.2 Å². The summed E-state index contributed by atoms with van der Waals surface area (Å²) in [5.41, 5.74) is 7.81. The van der Waals surface area contributed by atoms with Gasteiger partial charge in [0.2, 0.25) is 5.95 Å². The summed E-state index contributed by atoms with van der Waals surface area (Å²) in [4.78, 5) is 18.9. The number of nitrogens with one attached hydrogen (secondary N) is 1. The van der Waals surface area contributed by atoms with Crippen LogP contribution in [0.1, 0.15) is 5.69 Å². The molecule has 0 atom stereocenters. The van der Waals surface area contributed by atoms with Crippen LogP contribution in [0.4, 0.5) is 5.82 Å². The number of H-pyrrole nitrogens is 1. The van der Waals surface area contributed by atoms with Gasteiger partial charge in [0.1, 0.15) is 5.82 Å². The zero-order chi connectivity index (χ0) is 14.1. The largest absolute Gasteiger partial charge is 0.383 e. The predicted octanol–water partition coefficient (Wildman–Crippen LogP) is 1.51. The molecule has 0 saturated heterocycles. The summed E-state index contributed by atoms with van der Waals surface area (Å²) in [6, 6.07) is 12.6. The second kappa shape index (κ2) is 4.65. The third kappa shape index (κ3) is 2.18. The average molecular weight is 267 g/mol. The van der Waals surface area contributed by atoms with Gasteiger partial charge in [0.05, 0.1) is 11.4 Å². The molecule has 6 nitrogen and oxygen atoms in total. The molecule has 0 unspecified atom stereocenters.